The summed E-state index contributed by atoms with van der Waals surface area (Å²) in [7, 11) is 0. The molecule has 34 heavy (non-hydrogen) atoms. The van der Waals surface area contributed by atoms with Gasteiger partial charge in [-0.15, -0.1) is 0 Å². The molecule has 3 aliphatic rings. The lowest BCUT2D eigenvalue weighted by Crippen LogP contribution is -2.50. The van der Waals surface area contributed by atoms with Crippen LogP contribution in [0.2, 0.25) is 0 Å². The van der Waals surface area contributed by atoms with E-state index in [0.29, 0.717) is 25.9 Å². The maximum atomic E-state index is 12.9. The van der Waals surface area contributed by atoms with E-state index in [9.17, 15) is 19.5 Å². The predicted molar refractivity (Wildman–Crippen MR) is 123 cm³/mol. The average molecular weight is 465 g/mol. The van der Waals surface area contributed by atoms with E-state index in [0.717, 1.165) is 28.7 Å². The monoisotopic (exact) mass is 464 g/mol. The lowest BCUT2D eigenvalue weighted by molar-refractivity contribution is -0.148. The number of nitrogens with one attached hydrogen (secondary N) is 2. The van der Waals surface area contributed by atoms with Crippen molar-refractivity contribution >= 4 is 18.0 Å². The molecule has 2 fully saturated rings. The van der Waals surface area contributed by atoms with Crippen molar-refractivity contribution < 1.29 is 29.0 Å². The van der Waals surface area contributed by atoms with Crippen LogP contribution in [-0.2, 0) is 19.1 Å². The molecule has 2 aliphatic carbocycles. The summed E-state index contributed by atoms with van der Waals surface area (Å²) in [6.45, 7) is 0.511. The van der Waals surface area contributed by atoms with Gasteiger partial charge in [-0.05, 0) is 41.5 Å². The molecule has 5 rings (SSSR count). The summed E-state index contributed by atoms with van der Waals surface area (Å²) in [5.41, 5.74) is 4.60. The summed E-state index contributed by atoms with van der Waals surface area (Å²) in [5.74, 6) is -1.78. The Morgan fingerprint density at radius 1 is 0.912 bits per heavy atom. The van der Waals surface area contributed by atoms with Crippen molar-refractivity contribution in [1.82, 2.24) is 10.6 Å². The van der Waals surface area contributed by atoms with Crippen molar-refractivity contribution in [2.24, 2.45) is 5.92 Å². The Hall–Kier alpha value is -3.39. The highest BCUT2D eigenvalue weighted by molar-refractivity contribution is 5.83. The number of amides is 2. The van der Waals surface area contributed by atoms with Gasteiger partial charge in [-0.1, -0.05) is 55.0 Å². The third kappa shape index (κ3) is 4.25. The van der Waals surface area contributed by atoms with Gasteiger partial charge in [0.2, 0.25) is 5.91 Å². The van der Waals surface area contributed by atoms with Crippen LogP contribution in [0.4, 0.5) is 4.79 Å². The second kappa shape index (κ2) is 9.46. The summed E-state index contributed by atoms with van der Waals surface area (Å²) >= 11 is 0. The molecular formula is C26H28N2O6. The van der Waals surface area contributed by atoms with Crippen LogP contribution in [0, 0.1) is 5.92 Å². The number of carbonyl (C=O) groups is 3. The molecule has 8 heteroatoms. The molecule has 4 atom stereocenters. The van der Waals surface area contributed by atoms with Crippen molar-refractivity contribution in [3.8, 4) is 11.1 Å². The van der Waals surface area contributed by atoms with Gasteiger partial charge in [-0.25, -0.2) is 9.59 Å². The van der Waals surface area contributed by atoms with Gasteiger partial charge in [-0.3, -0.25) is 4.79 Å². The van der Waals surface area contributed by atoms with Crippen molar-refractivity contribution in [1.29, 1.82) is 0 Å². The largest absolute Gasteiger partial charge is 0.479 e. The fourth-order valence-corrected chi connectivity index (χ4v) is 5.51. The Morgan fingerprint density at radius 2 is 1.59 bits per heavy atom. The molecule has 1 saturated carbocycles. The SMILES string of the molecule is O=C(NC1CCCC1C(=O)NC1CCOC1C(=O)O)OCC1c2ccccc2-c2ccccc21. The molecule has 1 aliphatic heterocycles. The van der Waals surface area contributed by atoms with Gasteiger partial charge < -0.3 is 25.2 Å². The minimum absolute atomic E-state index is 0.0313. The van der Waals surface area contributed by atoms with Crippen LogP contribution in [0.1, 0.15) is 42.7 Å². The van der Waals surface area contributed by atoms with E-state index in [1.54, 1.807) is 0 Å². The van der Waals surface area contributed by atoms with Crippen LogP contribution in [0.15, 0.2) is 48.5 Å². The highest BCUT2D eigenvalue weighted by Gasteiger charge is 2.40. The summed E-state index contributed by atoms with van der Waals surface area (Å²) in [4.78, 5) is 36.8. The van der Waals surface area contributed by atoms with Gasteiger partial charge in [0.05, 0.1) is 12.0 Å². The van der Waals surface area contributed by atoms with Crippen LogP contribution < -0.4 is 10.6 Å². The van der Waals surface area contributed by atoms with Crippen LogP contribution in [0.5, 0.6) is 0 Å². The van der Waals surface area contributed by atoms with Crippen LogP contribution in [0.25, 0.3) is 11.1 Å². The number of fused-ring (bicyclic) bond motifs is 3. The molecule has 2 amide bonds. The first-order chi connectivity index (χ1) is 16.5. The summed E-state index contributed by atoms with van der Waals surface area (Å²) < 4.78 is 10.8. The average Bonchev–Trinajstić information content (AvgIpc) is 3.55. The highest BCUT2D eigenvalue weighted by atomic mass is 16.5. The summed E-state index contributed by atoms with van der Waals surface area (Å²) in [6.07, 6.45) is 0.991. The first kappa shape index (κ1) is 22.4. The van der Waals surface area contributed by atoms with Gasteiger partial charge >= 0.3 is 12.1 Å². The molecule has 2 aromatic carbocycles. The van der Waals surface area contributed by atoms with Gasteiger partial charge in [0.15, 0.2) is 6.10 Å². The molecule has 3 N–H and O–H groups in total. The molecule has 2 aromatic rings. The zero-order valence-corrected chi connectivity index (χ0v) is 18.7. The van der Waals surface area contributed by atoms with Crippen LogP contribution >= 0.6 is 0 Å². The molecule has 0 aromatic heterocycles. The minimum atomic E-state index is -1.08. The smallest absolute Gasteiger partial charge is 0.407 e. The van der Waals surface area contributed by atoms with E-state index in [4.69, 9.17) is 9.47 Å². The Kier molecular flexibility index (Phi) is 6.24. The fourth-order valence-electron chi connectivity index (χ4n) is 5.51. The maximum absolute atomic E-state index is 12.9. The third-order valence-electron chi connectivity index (χ3n) is 7.16. The molecule has 178 valence electrons. The normalized spacial score (nSPS) is 25.4. The van der Waals surface area contributed by atoms with Crippen molar-refractivity contribution in [3.63, 3.8) is 0 Å². The Bertz CT molecular complexity index is 1060. The van der Waals surface area contributed by atoms with E-state index in [1.807, 2.05) is 24.3 Å². The number of hydrogen-bond acceptors (Lipinski definition) is 5. The first-order valence-corrected chi connectivity index (χ1v) is 11.8. The Morgan fingerprint density at radius 3 is 2.26 bits per heavy atom. The molecule has 1 saturated heterocycles. The van der Waals surface area contributed by atoms with Crippen molar-refractivity contribution in [2.45, 2.75) is 49.8 Å². The first-order valence-electron chi connectivity index (χ1n) is 11.8. The highest BCUT2D eigenvalue weighted by Crippen LogP contribution is 2.44. The number of carboxylic acids is 1. The predicted octanol–water partition coefficient (Wildman–Crippen LogP) is 3.05. The van der Waals surface area contributed by atoms with Gasteiger partial charge in [0.1, 0.15) is 6.61 Å². The van der Waals surface area contributed by atoms with E-state index in [-0.39, 0.29) is 24.5 Å². The van der Waals surface area contributed by atoms with E-state index in [1.165, 1.54) is 0 Å². The molecule has 1 heterocycles. The minimum Gasteiger partial charge on any atom is -0.479 e. The molecule has 0 radical (unpaired) electrons. The quantitative estimate of drug-likeness (QED) is 0.606. The summed E-state index contributed by atoms with van der Waals surface area (Å²) in [6, 6.07) is 15.4. The standard InChI is InChI=1S/C26H28N2O6/c29-24(27-22-12-13-33-23(22)25(30)31)19-10-5-11-21(19)28-26(32)34-14-20-17-8-3-1-6-15(17)16-7-2-4-9-18(16)20/h1-4,6-9,19-23H,5,10-14H2,(H,27,29)(H,28,32)(H,30,31). The van der Waals surface area contributed by atoms with E-state index >= 15 is 0 Å². The fraction of sp³-hybridized carbons (Fsp3) is 0.423. The number of rotatable bonds is 6. The van der Waals surface area contributed by atoms with Crippen LogP contribution in [0.3, 0.4) is 0 Å². The number of carbonyl (C=O) groups excluding carboxylic acids is 2. The number of alkyl carbamates (subject to hydrolysis) is 1. The number of ether oxygens (including phenoxy) is 2. The van der Waals surface area contributed by atoms with Gasteiger partial charge in [0.25, 0.3) is 0 Å². The molecule has 0 bridgehead atoms. The third-order valence-corrected chi connectivity index (χ3v) is 7.16. The molecular weight excluding hydrogens is 436 g/mol. The molecule has 0 spiro atoms. The van der Waals surface area contributed by atoms with Crippen molar-refractivity contribution in [2.75, 3.05) is 13.2 Å². The molecule has 8 nitrogen and oxygen atoms in total. The maximum Gasteiger partial charge on any atom is 0.407 e. The zero-order chi connectivity index (χ0) is 23.7. The molecule has 4 unspecified atom stereocenters. The topological polar surface area (TPSA) is 114 Å². The Balaban J connectivity index is 1.19. The lowest BCUT2D eigenvalue weighted by Gasteiger charge is -2.24. The Labute approximate surface area is 197 Å². The zero-order valence-electron chi connectivity index (χ0n) is 18.7. The number of hydrogen-bond donors (Lipinski definition) is 3. The van der Waals surface area contributed by atoms with E-state index < -0.39 is 30.1 Å². The summed E-state index contributed by atoms with van der Waals surface area (Å²) in [5, 5.41) is 14.9. The number of carboxylic acid groups (broad SMARTS) is 1. The van der Waals surface area contributed by atoms with Crippen molar-refractivity contribution in [3.05, 3.63) is 59.7 Å². The second-order valence-electron chi connectivity index (χ2n) is 9.15. The van der Waals surface area contributed by atoms with E-state index in [2.05, 4.69) is 34.9 Å². The van der Waals surface area contributed by atoms with Gasteiger partial charge in [0, 0.05) is 18.6 Å². The van der Waals surface area contributed by atoms with Crippen LogP contribution in [-0.4, -0.2) is 54.5 Å². The van der Waals surface area contributed by atoms with Gasteiger partial charge in [-0.2, -0.15) is 0 Å². The number of aliphatic carboxylic acids is 1. The number of benzene rings is 2. The lowest BCUT2D eigenvalue weighted by atomic mass is 9.98. The second-order valence-corrected chi connectivity index (χ2v) is 9.15.